The van der Waals surface area contributed by atoms with E-state index in [1.165, 1.54) is 0 Å². The fraction of sp³-hybridized carbons (Fsp3) is 0. The topological polar surface area (TPSA) is 151 Å². The Kier molecular flexibility index (Phi) is 2.99. The molecule has 0 bridgehead atoms. The molecule has 0 aliphatic carbocycles. The van der Waals surface area contributed by atoms with Crippen LogP contribution in [-0.2, 0) is 0 Å². The van der Waals surface area contributed by atoms with Crippen LogP contribution in [0, 0.1) is 20.2 Å². The maximum absolute atomic E-state index is 10.6. The average molecular weight is 225 g/mol. The van der Waals surface area contributed by atoms with Crippen LogP contribution >= 0.6 is 0 Å². The first-order valence-corrected chi connectivity index (χ1v) is 3.94. The summed E-state index contributed by atoms with van der Waals surface area (Å²) in [4.78, 5) is 23.0. The summed E-state index contributed by atoms with van der Waals surface area (Å²) in [7, 11) is 0. The van der Waals surface area contributed by atoms with Crippen molar-refractivity contribution < 1.29 is 9.85 Å². The van der Waals surface area contributed by atoms with Gasteiger partial charge in [-0.3, -0.25) is 20.2 Å². The number of guanidine groups is 1. The summed E-state index contributed by atoms with van der Waals surface area (Å²) in [5.74, 6) is -0.364. The number of benzene rings is 1. The quantitative estimate of drug-likeness (QED) is 0.329. The van der Waals surface area contributed by atoms with Crippen LogP contribution in [-0.4, -0.2) is 15.8 Å². The normalized spacial score (nSPS) is 9.50. The Labute approximate surface area is 88.7 Å². The van der Waals surface area contributed by atoms with Gasteiger partial charge in [-0.2, -0.15) is 0 Å². The van der Waals surface area contributed by atoms with E-state index < -0.39 is 21.2 Å². The first kappa shape index (κ1) is 11.4. The van der Waals surface area contributed by atoms with Crippen molar-refractivity contribution in [3.63, 3.8) is 0 Å². The van der Waals surface area contributed by atoms with Gasteiger partial charge in [-0.1, -0.05) is 0 Å². The lowest BCUT2D eigenvalue weighted by molar-refractivity contribution is -0.393. The van der Waals surface area contributed by atoms with E-state index in [-0.39, 0.29) is 11.6 Å². The summed E-state index contributed by atoms with van der Waals surface area (Å²) >= 11 is 0. The third-order valence-electron chi connectivity index (χ3n) is 1.62. The van der Waals surface area contributed by atoms with Crippen molar-refractivity contribution in [3.05, 3.63) is 38.4 Å². The smallest absolute Gasteiger partial charge is 0.301 e. The lowest BCUT2D eigenvalue weighted by atomic mass is 10.2. The Bertz CT molecular complexity index is 480. The second kappa shape index (κ2) is 4.21. The third kappa shape index (κ3) is 2.41. The molecule has 0 unspecified atom stereocenters. The fourth-order valence-corrected chi connectivity index (χ4v) is 1.01. The van der Waals surface area contributed by atoms with Gasteiger partial charge in [-0.15, -0.1) is 0 Å². The molecule has 9 nitrogen and oxygen atoms in total. The standard InChI is InChI=1S/C7H7N5O4/c8-7(9)10-5-2-1-4(11(13)14)3-6(5)12(15)16/h1-3H,(H4,8,9,10). The number of nitro groups is 2. The molecule has 4 N–H and O–H groups in total. The molecule has 0 radical (unpaired) electrons. The van der Waals surface area contributed by atoms with Crippen molar-refractivity contribution in [1.29, 1.82) is 0 Å². The van der Waals surface area contributed by atoms with E-state index in [1.807, 2.05) is 0 Å². The summed E-state index contributed by atoms with van der Waals surface area (Å²) < 4.78 is 0. The molecular formula is C7H7N5O4. The van der Waals surface area contributed by atoms with Gasteiger partial charge >= 0.3 is 5.69 Å². The third-order valence-corrected chi connectivity index (χ3v) is 1.62. The van der Waals surface area contributed by atoms with E-state index in [1.54, 1.807) is 0 Å². The maximum atomic E-state index is 10.6. The van der Waals surface area contributed by atoms with E-state index in [0.29, 0.717) is 0 Å². The maximum Gasteiger partial charge on any atom is 0.301 e. The summed E-state index contributed by atoms with van der Waals surface area (Å²) in [5.41, 5.74) is 9.07. The summed E-state index contributed by atoms with van der Waals surface area (Å²) in [6.45, 7) is 0. The van der Waals surface area contributed by atoms with E-state index in [4.69, 9.17) is 11.5 Å². The molecule has 0 aliphatic heterocycles. The molecule has 0 aliphatic rings. The highest BCUT2D eigenvalue weighted by atomic mass is 16.6. The number of nitro benzene ring substituents is 2. The van der Waals surface area contributed by atoms with Crippen LogP contribution in [0.15, 0.2) is 23.2 Å². The number of nitrogens with two attached hydrogens (primary N) is 2. The Balaban J connectivity index is 3.36. The molecule has 0 aromatic heterocycles. The van der Waals surface area contributed by atoms with Crippen LogP contribution in [0.2, 0.25) is 0 Å². The highest BCUT2D eigenvalue weighted by Gasteiger charge is 2.19. The molecule has 1 rings (SSSR count). The Morgan fingerprint density at radius 1 is 1.19 bits per heavy atom. The second-order valence-electron chi connectivity index (χ2n) is 2.72. The molecule has 1 aromatic rings. The summed E-state index contributed by atoms with van der Waals surface area (Å²) in [6, 6.07) is 2.98. The van der Waals surface area contributed by atoms with Crippen LogP contribution < -0.4 is 11.5 Å². The van der Waals surface area contributed by atoms with Crippen LogP contribution in [0.1, 0.15) is 0 Å². The van der Waals surface area contributed by atoms with E-state index in [0.717, 1.165) is 18.2 Å². The van der Waals surface area contributed by atoms with Crippen LogP contribution in [0.3, 0.4) is 0 Å². The molecule has 0 saturated carbocycles. The Hall–Kier alpha value is -2.71. The Morgan fingerprint density at radius 3 is 2.25 bits per heavy atom. The van der Waals surface area contributed by atoms with Crippen molar-refractivity contribution >= 4 is 23.0 Å². The van der Waals surface area contributed by atoms with E-state index >= 15 is 0 Å². The zero-order valence-electron chi connectivity index (χ0n) is 7.86. The molecular weight excluding hydrogens is 218 g/mol. The summed E-state index contributed by atoms with van der Waals surface area (Å²) in [6.07, 6.45) is 0. The molecule has 0 fully saturated rings. The number of hydrogen-bond donors (Lipinski definition) is 2. The molecule has 16 heavy (non-hydrogen) atoms. The van der Waals surface area contributed by atoms with Gasteiger partial charge in [0.05, 0.1) is 15.9 Å². The predicted molar refractivity (Wildman–Crippen MR) is 55.2 cm³/mol. The van der Waals surface area contributed by atoms with Gasteiger partial charge in [0, 0.05) is 6.07 Å². The Morgan fingerprint density at radius 2 is 1.81 bits per heavy atom. The lowest BCUT2D eigenvalue weighted by Gasteiger charge is -1.97. The molecule has 1 aromatic carbocycles. The zero-order valence-corrected chi connectivity index (χ0v) is 7.86. The minimum atomic E-state index is -0.797. The van der Waals surface area contributed by atoms with Gasteiger partial charge in [-0.05, 0) is 6.07 Å². The number of non-ortho nitro benzene ring substituents is 1. The largest absolute Gasteiger partial charge is 0.370 e. The molecule has 84 valence electrons. The highest BCUT2D eigenvalue weighted by molar-refractivity contribution is 5.81. The fourth-order valence-electron chi connectivity index (χ4n) is 1.01. The van der Waals surface area contributed by atoms with Gasteiger partial charge in [0.1, 0.15) is 5.69 Å². The molecule has 0 heterocycles. The zero-order chi connectivity index (χ0) is 12.3. The molecule has 9 heteroatoms. The van der Waals surface area contributed by atoms with Gasteiger partial charge in [0.2, 0.25) is 0 Å². The van der Waals surface area contributed by atoms with Gasteiger partial charge in [0.25, 0.3) is 5.69 Å². The monoisotopic (exact) mass is 225 g/mol. The SMILES string of the molecule is NC(N)=Nc1ccc([N+](=O)[O-])cc1[N+](=O)[O-]. The van der Waals surface area contributed by atoms with E-state index in [2.05, 4.69) is 4.99 Å². The molecule has 0 spiro atoms. The first-order valence-electron chi connectivity index (χ1n) is 3.94. The van der Waals surface area contributed by atoms with Crippen molar-refractivity contribution in [2.75, 3.05) is 0 Å². The van der Waals surface area contributed by atoms with Gasteiger partial charge in [-0.25, -0.2) is 4.99 Å². The first-order chi connectivity index (χ1) is 7.41. The molecule has 0 atom stereocenters. The van der Waals surface area contributed by atoms with Gasteiger partial charge in [0.15, 0.2) is 5.96 Å². The van der Waals surface area contributed by atoms with Crippen molar-refractivity contribution in [2.45, 2.75) is 0 Å². The summed E-state index contributed by atoms with van der Waals surface area (Å²) in [5, 5.41) is 21.0. The van der Waals surface area contributed by atoms with Crippen LogP contribution in [0.4, 0.5) is 17.1 Å². The lowest BCUT2D eigenvalue weighted by Crippen LogP contribution is -2.22. The van der Waals surface area contributed by atoms with Crippen LogP contribution in [0.5, 0.6) is 0 Å². The van der Waals surface area contributed by atoms with Gasteiger partial charge < -0.3 is 11.5 Å². The number of aliphatic imine (C=N–C) groups is 1. The number of rotatable bonds is 3. The van der Waals surface area contributed by atoms with Crippen molar-refractivity contribution in [3.8, 4) is 0 Å². The molecule has 0 saturated heterocycles. The predicted octanol–water partition coefficient (Wildman–Crippen LogP) is 0.408. The average Bonchev–Trinajstić information content (AvgIpc) is 2.16. The minimum Gasteiger partial charge on any atom is -0.370 e. The van der Waals surface area contributed by atoms with Crippen molar-refractivity contribution in [1.82, 2.24) is 0 Å². The minimum absolute atomic E-state index is 0.129. The second-order valence-corrected chi connectivity index (χ2v) is 2.72. The van der Waals surface area contributed by atoms with E-state index in [9.17, 15) is 20.2 Å². The number of nitrogens with zero attached hydrogens (tertiary/aromatic N) is 3. The number of hydrogen-bond acceptors (Lipinski definition) is 5. The molecule has 0 amide bonds. The highest BCUT2D eigenvalue weighted by Crippen LogP contribution is 2.30. The van der Waals surface area contributed by atoms with Crippen LogP contribution in [0.25, 0.3) is 0 Å². The van der Waals surface area contributed by atoms with Crippen molar-refractivity contribution in [2.24, 2.45) is 16.5 Å².